The fraction of sp³-hybridized carbons (Fsp3) is 0.733. The molecule has 1 fully saturated rings. The summed E-state index contributed by atoms with van der Waals surface area (Å²) in [6.45, 7) is 6.06. The van der Waals surface area contributed by atoms with Gasteiger partial charge in [-0.3, -0.25) is 0 Å². The molecule has 1 aliphatic carbocycles. The lowest BCUT2D eigenvalue weighted by Crippen LogP contribution is -2.44. The first-order valence-corrected chi connectivity index (χ1v) is 7.46. The molecule has 112 valence electrons. The van der Waals surface area contributed by atoms with E-state index in [1.807, 2.05) is 14.0 Å². The Kier molecular flexibility index (Phi) is 4.48. The topological polar surface area (TPSA) is 75.3 Å². The van der Waals surface area contributed by atoms with Crippen molar-refractivity contribution in [2.75, 3.05) is 17.7 Å². The lowest BCUT2D eigenvalue weighted by Gasteiger charge is -2.36. The standard InChI is InChI=1S/C15H26N4O/c1-9(2)14-17-13(16)10(3)15(18-14)19(4)11-7-5-6-8-12(11)20/h9,11-12,20H,5-8H2,1-4H3,(H2,16,17,18). The first kappa shape index (κ1) is 15.0. The Balaban J connectivity index is 2.35. The molecule has 5 nitrogen and oxygen atoms in total. The van der Waals surface area contributed by atoms with Gasteiger partial charge in [-0.15, -0.1) is 0 Å². The number of rotatable bonds is 3. The van der Waals surface area contributed by atoms with E-state index in [9.17, 15) is 5.11 Å². The number of nitrogen functional groups attached to an aromatic ring is 1. The van der Waals surface area contributed by atoms with Crippen LogP contribution in [0.2, 0.25) is 0 Å². The Morgan fingerprint density at radius 2 is 1.90 bits per heavy atom. The minimum absolute atomic E-state index is 0.122. The van der Waals surface area contributed by atoms with Gasteiger partial charge in [0.25, 0.3) is 0 Å². The van der Waals surface area contributed by atoms with Crippen LogP contribution < -0.4 is 10.6 Å². The van der Waals surface area contributed by atoms with Gasteiger partial charge < -0.3 is 15.7 Å². The quantitative estimate of drug-likeness (QED) is 0.886. The van der Waals surface area contributed by atoms with Crippen molar-refractivity contribution in [3.63, 3.8) is 0 Å². The van der Waals surface area contributed by atoms with Gasteiger partial charge in [0, 0.05) is 18.5 Å². The van der Waals surface area contributed by atoms with E-state index in [1.165, 1.54) is 0 Å². The van der Waals surface area contributed by atoms with Crippen LogP contribution in [0, 0.1) is 6.92 Å². The predicted octanol–water partition coefficient (Wildman–Crippen LogP) is 2.23. The monoisotopic (exact) mass is 278 g/mol. The molecule has 1 aromatic heterocycles. The van der Waals surface area contributed by atoms with Gasteiger partial charge in [0.1, 0.15) is 17.5 Å². The maximum atomic E-state index is 10.2. The number of nitrogens with zero attached hydrogens (tertiary/aromatic N) is 3. The summed E-state index contributed by atoms with van der Waals surface area (Å²) in [5.74, 6) is 2.39. The van der Waals surface area contributed by atoms with Gasteiger partial charge in [-0.25, -0.2) is 9.97 Å². The number of anilines is 2. The summed E-state index contributed by atoms with van der Waals surface area (Å²) in [6.07, 6.45) is 3.84. The second-order valence-corrected chi connectivity index (χ2v) is 6.10. The van der Waals surface area contributed by atoms with Crippen LogP contribution in [-0.2, 0) is 0 Å². The summed E-state index contributed by atoms with van der Waals surface area (Å²) in [5.41, 5.74) is 6.92. The van der Waals surface area contributed by atoms with Crippen molar-refractivity contribution in [2.24, 2.45) is 0 Å². The van der Waals surface area contributed by atoms with Crippen molar-refractivity contribution in [2.45, 2.75) is 64.5 Å². The molecule has 0 spiro atoms. The molecule has 1 saturated carbocycles. The Labute approximate surface area is 121 Å². The molecular weight excluding hydrogens is 252 g/mol. The average Bonchev–Trinajstić information content (AvgIpc) is 2.41. The number of aromatic nitrogens is 2. The average molecular weight is 278 g/mol. The molecule has 2 atom stereocenters. The first-order chi connectivity index (χ1) is 9.41. The largest absolute Gasteiger partial charge is 0.391 e. The zero-order valence-corrected chi connectivity index (χ0v) is 12.9. The van der Waals surface area contributed by atoms with Crippen LogP contribution >= 0.6 is 0 Å². The highest BCUT2D eigenvalue weighted by Gasteiger charge is 2.29. The van der Waals surface area contributed by atoms with Crippen LogP contribution in [0.4, 0.5) is 11.6 Å². The van der Waals surface area contributed by atoms with Crippen LogP contribution in [0.5, 0.6) is 0 Å². The second-order valence-electron chi connectivity index (χ2n) is 6.10. The van der Waals surface area contributed by atoms with E-state index in [4.69, 9.17) is 5.73 Å². The van der Waals surface area contributed by atoms with Crippen LogP contribution in [-0.4, -0.2) is 34.3 Å². The van der Waals surface area contributed by atoms with Crippen LogP contribution in [0.3, 0.4) is 0 Å². The molecule has 20 heavy (non-hydrogen) atoms. The highest BCUT2D eigenvalue weighted by Crippen LogP contribution is 2.29. The van der Waals surface area contributed by atoms with Gasteiger partial charge in [0.2, 0.25) is 0 Å². The number of hydrogen-bond acceptors (Lipinski definition) is 5. The summed E-state index contributed by atoms with van der Waals surface area (Å²) < 4.78 is 0. The van der Waals surface area contributed by atoms with Gasteiger partial charge >= 0.3 is 0 Å². The van der Waals surface area contributed by atoms with Gasteiger partial charge in [0.05, 0.1) is 12.1 Å². The fourth-order valence-electron chi connectivity index (χ4n) is 2.84. The molecular formula is C15H26N4O. The minimum Gasteiger partial charge on any atom is -0.391 e. The Hall–Kier alpha value is -1.36. The van der Waals surface area contributed by atoms with Crippen LogP contribution in [0.1, 0.15) is 56.8 Å². The summed E-state index contributed by atoms with van der Waals surface area (Å²) in [7, 11) is 2.00. The highest BCUT2D eigenvalue weighted by atomic mass is 16.3. The second kappa shape index (κ2) is 5.95. The van der Waals surface area contributed by atoms with Gasteiger partial charge in [0.15, 0.2) is 0 Å². The third-order valence-corrected chi connectivity index (χ3v) is 4.22. The zero-order chi connectivity index (χ0) is 14.9. The first-order valence-electron chi connectivity index (χ1n) is 7.46. The van der Waals surface area contributed by atoms with Gasteiger partial charge in [-0.1, -0.05) is 26.7 Å². The predicted molar refractivity (Wildman–Crippen MR) is 81.9 cm³/mol. The number of likely N-dealkylation sites (N-methyl/N-ethyl adjacent to an activating group) is 1. The van der Waals surface area contributed by atoms with Crippen LogP contribution in [0.25, 0.3) is 0 Å². The van der Waals surface area contributed by atoms with Crippen molar-refractivity contribution >= 4 is 11.6 Å². The van der Waals surface area contributed by atoms with Crippen LogP contribution in [0.15, 0.2) is 0 Å². The normalized spacial score (nSPS) is 23.1. The minimum atomic E-state index is -0.285. The molecule has 1 aromatic rings. The summed E-state index contributed by atoms with van der Waals surface area (Å²) >= 11 is 0. The Morgan fingerprint density at radius 1 is 1.25 bits per heavy atom. The number of nitrogens with two attached hydrogens (primary N) is 1. The lowest BCUT2D eigenvalue weighted by atomic mass is 9.91. The summed E-state index contributed by atoms with van der Waals surface area (Å²) in [4.78, 5) is 11.1. The Morgan fingerprint density at radius 3 is 2.50 bits per heavy atom. The molecule has 0 amide bonds. The number of aliphatic hydroxyl groups is 1. The molecule has 0 aliphatic heterocycles. The van der Waals surface area contributed by atoms with Gasteiger partial charge in [-0.2, -0.15) is 0 Å². The van der Waals surface area contributed by atoms with E-state index in [0.29, 0.717) is 5.82 Å². The molecule has 1 heterocycles. The van der Waals surface area contributed by atoms with Crippen molar-refractivity contribution in [1.29, 1.82) is 0 Å². The summed E-state index contributed by atoms with van der Waals surface area (Å²) in [6, 6.07) is 0.122. The molecule has 1 aliphatic rings. The molecule has 0 bridgehead atoms. The third kappa shape index (κ3) is 2.87. The lowest BCUT2D eigenvalue weighted by molar-refractivity contribution is 0.106. The van der Waals surface area contributed by atoms with E-state index >= 15 is 0 Å². The summed E-state index contributed by atoms with van der Waals surface area (Å²) in [5, 5.41) is 10.2. The van der Waals surface area contributed by atoms with Crippen molar-refractivity contribution in [3.05, 3.63) is 11.4 Å². The third-order valence-electron chi connectivity index (χ3n) is 4.22. The maximum absolute atomic E-state index is 10.2. The van der Waals surface area contributed by atoms with E-state index < -0.39 is 0 Å². The fourth-order valence-corrected chi connectivity index (χ4v) is 2.84. The number of hydrogen-bond donors (Lipinski definition) is 2. The molecule has 0 aromatic carbocycles. The molecule has 2 rings (SSSR count). The molecule has 0 saturated heterocycles. The Bertz CT molecular complexity index is 475. The van der Waals surface area contributed by atoms with E-state index in [0.717, 1.165) is 42.9 Å². The maximum Gasteiger partial charge on any atom is 0.137 e. The number of aliphatic hydroxyl groups excluding tert-OH is 1. The SMILES string of the molecule is Cc1c(N)nc(C(C)C)nc1N(C)C1CCCCC1O. The van der Waals surface area contributed by atoms with Gasteiger partial charge in [-0.05, 0) is 19.8 Å². The van der Waals surface area contributed by atoms with E-state index in [1.54, 1.807) is 0 Å². The van der Waals surface area contributed by atoms with Crippen molar-refractivity contribution in [3.8, 4) is 0 Å². The van der Waals surface area contributed by atoms with E-state index in [-0.39, 0.29) is 18.1 Å². The zero-order valence-electron chi connectivity index (χ0n) is 12.9. The van der Waals surface area contributed by atoms with E-state index in [2.05, 4.69) is 28.7 Å². The van der Waals surface area contributed by atoms with Crippen molar-refractivity contribution < 1.29 is 5.11 Å². The molecule has 2 unspecified atom stereocenters. The molecule has 5 heteroatoms. The smallest absolute Gasteiger partial charge is 0.137 e. The molecule has 0 radical (unpaired) electrons. The van der Waals surface area contributed by atoms with Crippen molar-refractivity contribution in [1.82, 2.24) is 9.97 Å². The highest BCUT2D eigenvalue weighted by molar-refractivity contribution is 5.57. The molecule has 3 N–H and O–H groups in total.